The minimum absolute atomic E-state index is 0.0343. The van der Waals surface area contributed by atoms with Gasteiger partial charge in [0.15, 0.2) is 0 Å². The van der Waals surface area contributed by atoms with E-state index in [1.807, 2.05) is 0 Å². The van der Waals surface area contributed by atoms with Crippen LogP contribution in [-0.2, 0) is 24.7 Å². The Labute approximate surface area is 267 Å². The summed E-state index contributed by atoms with van der Waals surface area (Å²) in [7, 11) is 0. The van der Waals surface area contributed by atoms with Gasteiger partial charge in [-0.05, 0) is 24.3 Å². The maximum Gasteiger partial charge on any atom is 0.417 e. The highest BCUT2D eigenvalue weighted by Crippen LogP contribution is 2.57. The molecular weight excluding hydrogens is 708 g/mol. The van der Waals surface area contributed by atoms with E-state index in [1.165, 1.54) is 0 Å². The van der Waals surface area contributed by atoms with Crippen LogP contribution >= 0.6 is 0 Å². The molecule has 20 heteroatoms. The number of hydrogen-bond donors (Lipinski definition) is 2. The van der Waals surface area contributed by atoms with E-state index in [4.69, 9.17) is 11.5 Å². The van der Waals surface area contributed by atoms with Crippen molar-refractivity contribution in [2.24, 2.45) is 11.5 Å². The Kier molecular flexibility index (Phi) is 6.46. The summed E-state index contributed by atoms with van der Waals surface area (Å²) < 4.78 is 179. The van der Waals surface area contributed by atoms with Gasteiger partial charge in [0.2, 0.25) is 0 Å². The Morgan fingerprint density at radius 2 is 0.580 bits per heavy atom. The van der Waals surface area contributed by atoms with E-state index >= 15 is 0 Å². The predicted octanol–water partition coefficient (Wildman–Crippen LogP) is 6.84. The maximum absolute atomic E-state index is 15.0. The highest BCUT2D eigenvalue weighted by atomic mass is 19.4. The zero-order chi connectivity index (χ0) is 36.9. The van der Waals surface area contributed by atoms with Gasteiger partial charge in [0.25, 0.3) is 23.6 Å². The van der Waals surface area contributed by atoms with Gasteiger partial charge >= 0.3 is 24.7 Å². The number of benzene rings is 5. The fourth-order valence-corrected chi connectivity index (χ4v) is 6.98. The summed E-state index contributed by atoms with van der Waals surface area (Å²) in [4.78, 5) is 53.2. The summed E-state index contributed by atoms with van der Waals surface area (Å²) in [5.41, 5.74) is -2.80. The van der Waals surface area contributed by atoms with Crippen LogP contribution in [0.4, 0.5) is 52.7 Å². The molecule has 7 rings (SSSR count). The Morgan fingerprint density at radius 1 is 0.380 bits per heavy atom. The van der Waals surface area contributed by atoms with Crippen LogP contribution in [-0.4, -0.2) is 46.8 Å². The number of hydrogen-bond acceptors (Lipinski definition) is 6. The van der Waals surface area contributed by atoms with Crippen molar-refractivity contribution in [3.8, 4) is 0 Å². The molecule has 0 saturated heterocycles. The lowest BCUT2D eigenvalue weighted by atomic mass is 9.76. The summed E-state index contributed by atoms with van der Waals surface area (Å²) in [6.45, 7) is -2.17. The molecule has 0 spiro atoms. The lowest BCUT2D eigenvalue weighted by Gasteiger charge is -2.33. The average Bonchev–Trinajstić information content (AvgIpc) is 2.99. The smallest absolute Gasteiger partial charge is 0.313 e. The summed E-state index contributed by atoms with van der Waals surface area (Å²) >= 11 is 0. The molecule has 0 saturated carbocycles. The molecule has 4 amide bonds. The Morgan fingerprint density at radius 3 is 0.740 bits per heavy atom. The maximum atomic E-state index is 15.0. The Balaban J connectivity index is 2.00. The quantitative estimate of drug-likeness (QED) is 0.0891. The average molecular weight is 720 g/mol. The molecule has 4 N–H and O–H groups in total. The van der Waals surface area contributed by atoms with Crippen LogP contribution in [0.15, 0.2) is 24.3 Å². The first kappa shape index (κ1) is 33.3. The van der Waals surface area contributed by atoms with Crippen molar-refractivity contribution < 1.29 is 71.9 Å². The van der Waals surface area contributed by atoms with Crippen molar-refractivity contribution in [3.05, 3.63) is 68.8 Å². The molecule has 2 heterocycles. The van der Waals surface area contributed by atoms with Gasteiger partial charge in [-0.15, -0.1) is 0 Å². The van der Waals surface area contributed by atoms with Gasteiger partial charge in [0.1, 0.15) is 0 Å². The molecule has 0 aromatic heterocycles. The summed E-state index contributed by atoms with van der Waals surface area (Å²) in [6.07, 6.45) is -23.3. The fourth-order valence-electron chi connectivity index (χ4n) is 6.98. The summed E-state index contributed by atoms with van der Waals surface area (Å²) in [6, 6.07) is -0.137. The Bertz CT molecular complexity index is 2120. The summed E-state index contributed by atoms with van der Waals surface area (Å²) in [5, 5.41) is -12.4. The number of nitrogens with zero attached hydrogens (tertiary/aromatic N) is 2. The van der Waals surface area contributed by atoms with E-state index in [1.54, 1.807) is 0 Å². The van der Waals surface area contributed by atoms with Gasteiger partial charge in [-0.25, -0.2) is 0 Å². The topological polar surface area (TPSA) is 127 Å². The monoisotopic (exact) mass is 720 g/mol. The highest BCUT2D eigenvalue weighted by molar-refractivity contribution is 6.43. The largest absolute Gasteiger partial charge is 0.417 e. The van der Waals surface area contributed by atoms with Gasteiger partial charge < -0.3 is 11.5 Å². The van der Waals surface area contributed by atoms with Crippen LogP contribution in [0.1, 0.15) is 63.7 Å². The minimum atomic E-state index is -5.82. The van der Waals surface area contributed by atoms with Gasteiger partial charge in [-0.2, -0.15) is 52.7 Å². The van der Waals surface area contributed by atoms with Crippen LogP contribution in [0.5, 0.6) is 0 Å². The number of halogens is 12. The normalized spacial score (nSPS) is 16.0. The molecule has 2 aliphatic heterocycles. The molecule has 0 radical (unpaired) electrons. The summed E-state index contributed by atoms with van der Waals surface area (Å²) in [5.74, 6) is -6.52. The van der Waals surface area contributed by atoms with Crippen LogP contribution in [0, 0.1) is 0 Å². The molecule has 50 heavy (non-hydrogen) atoms. The van der Waals surface area contributed by atoms with Crippen molar-refractivity contribution in [2.75, 3.05) is 13.3 Å². The second-order valence-electron chi connectivity index (χ2n) is 11.3. The van der Waals surface area contributed by atoms with Gasteiger partial charge in [-0.1, -0.05) is 0 Å². The predicted molar refractivity (Wildman–Crippen MR) is 147 cm³/mol. The van der Waals surface area contributed by atoms with E-state index in [0.29, 0.717) is 0 Å². The molecule has 8 nitrogen and oxygen atoms in total. The van der Waals surface area contributed by atoms with E-state index < -0.39 is 149 Å². The number of alkyl halides is 12. The van der Waals surface area contributed by atoms with Crippen molar-refractivity contribution in [3.63, 3.8) is 0 Å². The number of fused-ring (bicyclic) bond motifs is 2. The number of carbonyl (C=O) groups is 4. The molecule has 0 aliphatic carbocycles. The highest BCUT2D eigenvalue weighted by Gasteiger charge is 2.49. The molecule has 0 atom stereocenters. The van der Waals surface area contributed by atoms with Gasteiger partial charge in [0.05, 0.1) is 35.6 Å². The lowest BCUT2D eigenvalue weighted by Crippen LogP contribution is -2.44. The molecule has 0 fully saturated rings. The third-order valence-electron chi connectivity index (χ3n) is 8.80. The molecule has 5 aromatic carbocycles. The molecule has 2 aliphatic rings. The molecule has 0 unspecified atom stereocenters. The fraction of sp³-hybridized carbons (Fsp3) is 0.200. The number of rotatable bonds is 2. The first-order chi connectivity index (χ1) is 23.0. The second kappa shape index (κ2) is 9.71. The third kappa shape index (κ3) is 4.11. The number of carbonyl (C=O) groups excluding carboxylic acids is 4. The SMILES string of the molecule is NCN1C(=O)c2cc(C(F)(F)F)c3c4c(C(F)(F)F)cc5c6c(cc(C(F)(F)F)c(c7c(C(F)(F)F)cc(c2c37)C1=O)c64)C(=O)N(CN)C5=O. The molecular formula is C30H12F12N4O4. The van der Waals surface area contributed by atoms with Crippen molar-refractivity contribution in [2.45, 2.75) is 24.7 Å². The standard InChI is InChI=1S/C30H12F12N4O4/c31-27(32,33)11-1-7-15-8(24(48)45(5-43)23(7)47)2-13(29(37,38)39)19-20-14(30(40,41)42)4-10-16-9(25(49)46(6-44)26(10)50)3-12(28(34,35)36)18(22(16)20)17(11)21(15)19/h1-4H,5-6,43-44H2. The Hall–Kier alpha value is -5.24. The van der Waals surface area contributed by atoms with E-state index in [9.17, 15) is 71.9 Å². The van der Waals surface area contributed by atoms with Crippen LogP contribution in [0.2, 0.25) is 0 Å². The van der Waals surface area contributed by atoms with E-state index in [0.717, 1.165) is 0 Å². The molecule has 0 bridgehead atoms. The second-order valence-corrected chi connectivity index (χ2v) is 11.3. The minimum Gasteiger partial charge on any atom is -0.313 e. The third-order valence-corrected chi connectivity index (χ3v) is 8.80. The van der Waals surface area contributed by atoms with Crippen LogP contribution < -0.4 is 11.5 Å². The molecule has 260 valence electrons. The van der Waals surface area contributed by atoms with Crippen molar-refractivity contribution in [1.82, 2.24) is 9.80 Å². The zero-order valence-corrected chi connectivity index (χ0v) is 23.9. The van der Waals surface area contributed by atoms with Gasteiger partial charge in [0, 0.05) is 65.3 Å². The van der Waals surface area contributed by atoms with E-state index in [2.05, 4.69) is 0 Å². The van der Waals surface area contributed by atoms with Crippen molar-refractivity contribution >= 4 is 66.7 Å². The number of nitrogens with two attached hydrogens (primary N) is 2. The number of amides is 4. The van der Waals surface area contributed by atoms with Crippen LogP contribution in [0.25, 0.3) is 43.1 Å². The number of imide groups is 2. The first-order valence-electron chi connectivity index (χ1n) is 13.7. The van der Waals surface area contributed by atoms with E-state index in [-0.39, 0.29) is 34.1 Å². The van der Waals surface area contributed by atoms with Crippen LogP contribution in [0.3, 0.4) is 0 Å². The molecule has 5 aromatic rings. The lowest BCUT2D eigenvalue weighted by molar-refractivity contribution is -0.138. The zero-order valence-electron chi connectivity index (χ0n) is 23.9. The van der Waals surface area contributed by atoms with Crippen molar-refractivity contribution in [1.29, 1.82) is 0 Å². The first-order valence-corrected chi connectivity index (χ1v) is 13.7. The van der Waals surface area contributed by atoms with Gasteiger partial charge in [-0.3, -0.25) is 29.0 Å².